The first kappa shape index (κ1) is 14.9. The normalized spacial score (nSPS) is 14.3. The van der Waals surface area contributed by atoms with Crippen LogP contribution >= 0.6 is 0 Å². The number of anilines is 1. The van der Waals surface area contributed by atoms with Crippen molar-refractivity contribution in [1.82, 2.24) is 9.97 Å². The highest BCUT2D eigenvalue weighted by Gasteiger charge is 2.29. The number of rotatable bonds is 6. The Kier molecular flexibility index (Phi) is 5.04. The Bertz CT molecular complexity index is 408. The highest BCUT2D eigenvalue weighted by atomic mass is 16.5. The molecule has 102 valence electrons. The number of nitrogens with zero attached hydrogens (tertiary/aromatic N) is 2. The van der Waals surface area contributed by atoms with Gasteiger partial charge in [0.25, 0.3) is 0 Å². The molecule has 18 heavy (non-hydrogen) atoms. The van der Waals surface area contributed by atoms with E-state index in [-0.39, 0.29) is 0 Å². The molecule has 0 aliphatic rings. The molecule has 0 bridgehead atoms. The monoisotopic (exact) mass is 252 g/mol. The zero-order valence-corrected chi connectivity index (χ0v) is 12.0. The van der Waals surface area contributed by atoms with Crippen molar-refractivity contribution < 1.29 is 4.74 Å². The molecule has 0 radical (unpaired) electrons. The minimum atomic E-state index is -0.461. The van der Waals surface area contributed by atoms with E-state index in [9.17, 15) is 0 Å². The Morgan fingerprint density at radius 3 is 2.39 bits per heavy atom. The molecule has 0 saturated heterocycles. The lowest BCUT2D eigenvalue weighted by atomic mass is 10.0. The van der Waals surface area contributed by atoms with E-state index in [1.165, 1.54) is 0 Å². The Labute approximate surface area is 109 Å². The zero-order chi connectivity index (χ0) is 13.8. The van der Waals surface area contributed by atoms with Crippen LogP contribution < -0.4 is 11.3 Å². The maximum absolute atomic E-state index is 5.80. The average Bonchev–Trinajstić information content (AvgIpc) is 2.37. The van der Waals surface area contributed by atoms with Crippen LogP contribution in [0.25, 0.3) is 0 Å². The summed E-state index contributed by atoms with van der Waals surface area (Å²) in [5.74, 6) is 6.92. The smallest absolute Gasteiger partial charge is 0.162 e. The summed E-state index contributed by atoms with van der Waals surface area (Å²) in [5.41, 5.74) is 4.20. The number of ether oxygens (including phenoxy) is 1. The Morgan fingerprint density at radius 2 is 1.94 bits per heavy atom. The molecule has 1 atom stereocenters. The van der Waals surface area contributed by atoms with Crippen LogP contribution in [0.2, 0.25) is 0 Å². The van der Waals surface area contributed by atoms with E-state index >= 15 is 0 Å². The van der Waals surface area contributed by atoms with Crippen molar-refractivity contribution in [3.05, 3.63) is 17.1 Å². The third-order valence-corrected chi connectivity index (χ3v) is 3.31. The van der Waals surface area contributed by atoms with E-state index in [0.717, 1.165) is 24.1 Å². The van der Waals surface area contributed by atoms with Gasteiger partial charge in [-0.15, -0.1) is 0 Å². The van der Waals surface area contributed by atoms with Gasteiger partial charge in [-0.25, -0.2) is 15.8 Å². The Balaban J connectivity index is 3.29. The molecule has 0 aromatic carbocycles. The quantitative estimate of drug-likeness (QED) is 0.600. The number of aryl methyl sites for hydroxylation is 1. The summed E-state index contributed by atoms with van der Waals surface area (Å²) in [6, 6.07) is 0. The van der Waals surface area contributed by atoms with Crippen molar-refractivity contribution >= 4 is 5.82 Å². The molecular formula is C13H24N4O. The lowest BCUT2D eigenvalue weighted by molar-refractivity contribution is -0.0390. The van der Waals surface area contributed by atoms with Gasteiger partial charge in [0, 0.05) is 17.9 Å². The summed E-state index contributed by atoms with van der Waals surface area (Å²) in [7, 11) is 0. The fraction of sp³-hybridized carbons (Fsp3) is 0.692. The van der Waals surface area contributed by atoms with E-state index in [4.69, 9.17) is 10.6 Å². The minimum Gasteiger partial charge on any atom is -0.368 e. The molecule has 1 heterocycles. The number of hydrogen-bond donors (Lipinski definition) is 2. The molecule has 1 aromatic heterocycles. The molecular weight excluding hydrogens is 228 g/mol. The first-order chi connectivity index (χ1) is 8.52. The van der Waals surface area contributed by atoms with Crippen LogP contribution in [0.3, 0.4) is 0 Å². The zero-order valence-electron chi connectivity index (χ0n) is 12.0. The van der Waals surface area contributed by atoms with E-state index in [1.54, 1.807) is 0 Å². The second-order valence-corrected chi connectivity index (χ2v) is 4.48. The fourth-order valence-corrected chi connectivity index (χ4v) is 2.02. The molecule has 0 aliphatic heterocycles. The van der Waals surface area contributed by atoms with Gasteiger partial charge in [0.15, 0.2) is 5.82 Å². The van der Waals surface area contributed by atoms with Crippen LogP contribution in [0.15, 0.2) is 0 Å². The maximum Gasteiger partial charge on any atom is 0.162 e. The number of aromatic nitrogens is 2. The summed E-state index contributed by atoms with van der Waals surface area (Å²) in [6.45, 7) is 10.7. The highest BCUT2D eigenvalue weighted by molar-refractivity contribution is 5.45. The van der Waals surface area contributed by atoms with Crippen LogP contribution in [0, 0.1) is 6.92 Å². The van der Waals surface area contributed by atoms with Gasteiger partial charge >= 0.3 is 0 Å². The lowest BCUT2D eigenvalue weighted by Gasteiger charge is -2.27. The molecule has 5 nitrogen and oxygen atoms in total. The minimum absolute atomic E-state index is 0.461. The predicted octanol–water partition coefficient (Wildman–Crippen LogP) is 2.29. The first-order valence-electron chi connectivity index (χ1n) is 6.50. The van der Waals surface area contributed by atoms with E-state index in [1.807, 2.05) is 20.8 Å². The van der Waals surface area contributed by atoms with Crippen LogP contribution in [0.4, 0.5) is 5.82 Å². The first-order valence-corrected chi connectivity index (χ1v) is 6.50. The van der Waals surface area contributed by atoms with Crippen LogP contribution in [0.5, 0.6) is 0 Å². The molecule has 0 amide bonds. The topological polar surface area (TPSA) is 73.1 Å². The number of nitrogens with one attached hydrogen (secondary N) is 1. The van der Waals surface area contributed by atoms with Gasteiger partial charge in [-0.05, 0) is 33.6 Å². The van der Waals surface area contributed by atoms with Crippen molar-refractivity contribution in [2.24, 2.45) is 5.84 Å². The van der Waals surface area contributed by atoms with Crippen molar-refractivity contribution in [2.75, 3.05) is 12.0 Å². The summed E-state index contributed by atoms with van der Waals surface area (Å²) in [5, 5.41) is 0. The van der Waals surface area contributed by atoms with Gasteiger partial charge in [0.2, 0.25) is 0 Å². The lowest BCUT2D eigenvalue weighted by Crippen LogP contribution is -2.29. The van der Waals surface area contributed by atoms with E-state index in [0.29, 0.717) is 18.2 Å². The van der Waals surface area contributed by atoms with Gasteiger partial charge in [-0.1, -0.05) is 13.8 Å². The number of nitrogen functional groups attached to an aromatic ring is 1. The summed E-state index contributed by atoms with van der Waals surface area (Å²) < 4.78 is 5.80. The molecule has 0 saturated carbocycles. The van der Waals surface area contributed by atoms with Crippen molar-refractivity contribution in [2.45, 2.75) is 53.1 Å². The Morgan fingerprint density at radius 1 is 1.28 bits per heavy atom. The third kappa shape index (κ3) is 2.79. The van der Waals surface area contributed by atoms with E-state index in [2.05, 4.69) is 29.2 Å². The Hall–Kier alpha value is -1.20. The van der Waals surface area contributed by atoms with Crippen LogP contribution in [0.1, 0.15) is 51.2 Å². The summed E-state index contributed by atoms with van der Waals surface area (Å²) >= 11 is 0. The second-order valence-electron chi connectivity index (χ2n) is 4.48. The highest BCUT2D eigenvalue weighted by Crippen LogP contribution is 2.28. The maximum atomic E-state index is 5.80. The summed E-state index contributed by atoms with van der Waals surface area (Å²) in [4.78, 5) is 9.09. The van der Waals surface area contributed by atoms with Crippen LogP contribution in [-0.4, -0.2) is 16.6 Å². The molecule has 0 fully saturated rings. The predicted molar refractivity (Wildman–Crippen MR) is 73.2 cm³/mol. The van der Waals surface area contributed by atoms with Crippen LogP contribution in [-0.2, 0) is 16.8 Å². The van der Waals surface area contributed by atoms with Gasteiger partial charge in [0.05, 0.1) is 0 Å². The molecule has 5 heteroatoms. The molecule has 1 aromatic rings. The molecule has 3 N–H and O–H groups in total. The summed E-state index contributed by atoms with van der Waals surface area (Å²) in [6.07, 6.45) is 1.67. The number of nitrogens with two attached hydrogens (primary N) is 1. The van der Waals surface area contributed by atoms with Crippen molar-refractivity contribution in [1.29, 1.82) is 0 Å². The van der Waals surface area contributed by atoms with Gasteiger partial charge in [0.1, 0.15) is 11.4 Å². The van der Waals surface area contributed by atoms with Gasteiger partial charge < -0.3 is 10.2 Å². The van der Waals surface area contributed by atoms with Gasteiger partial charge in [-0.2, -0.15) is 0 Å². The number of hydrazine groups is 1. The standard InChI is InChI=1S/C13H24N4O/c1-6-10-9(4)15-12(16-11(10)17-14)13(5,7-2)18-8-3/h6-8,14H2,1-5H3,(H,15,16,17). The number of hydrogen-bond acceptors (Lipinski definition) is 5. The third-order valence-electron chi connectivity index (χ3n) is 3.31. The van der Waals surface area contributed by atoms with Crippen molar-refractivity contribution in [3.8, 4) is 0 Å². The molecule has 1 unspecified atom stereocenters. The molecule has 0 spiro atoms. The molecule has 1 rings (SSSR count). The van der Waals surface area contributed by atoms with Gasteiger partial charge in [-0.3, -0.25) is 0 Å². The average molecular weight is 252 g/mol. The van der Waals surface area contributed by atoms with E-state index < -0.39 is 5.60 Å². The second kappa shape index (κ2) is 6.11. The SMILES string of the molecule is CCOC(C)(CC)c1nc(C)c(CC)c(NN)n1. The largest absolute Gasteiger partial charge is 0.368 e. The fourth-order valence-electron chi connectivity index (χ4n) is 2.02. The molecule has 0 aliphatic carbocycles. The van der Waals surface area contributed by atoms with Crippen molar-refractivity contribution in [3.63, 3.8) is 0 Å².